The van der Waals surface area contributed by atoms with E-state index in [2.05, 4.69) is 58.3 Å². The fourth-order valence-corrected chi connectivity index (χ4v) is 5.14. The Morgan fingerprint density at radius 3 is 1.59 bits per heavy atom. The molecule has 354 valence electrons. The van der Waals surface area contributed by atoms with Crippen molar-refractivity contribution in [3.05, 3.63) is 113 Å². The first-order valence-electron chi connectivity index (χ1n) is 16.8. The summed E-state index contributed by atoms with van der Waals surface area (Å²) in [5.41, 5.74) is 5.79. The zero-order valence-electron chi connectivity index (χ0n) is 34.4. The fraction of sp³-hybridized carbons (Fsp3) is 0.156. The number of nitrogen functional groups attached to an aromatic ring is 1. The molecule has 0 saturated heterocycles. The molecular formula is C32H32B2Cl3F2KN16O9S3. The summed E-state index contributed by atoms with van der Waals surface area (Å²) in [6, 6.07) is 7.71. The second-order valence-corrected chi connectivity index (χ2v) is 13.5. The minimum Gasteiger partial charge on any atom is -0.696 e. The fourth-order valence-electron chi connectivity index (χ4n) is 3.69. The van der Waals surface area contributed by atoms with E-state index in [1.165, 1.54) is 42.6 Å². The van der Waals surface area contributed by atoms with E-state index in [0.717, 1.165) is 24.7 Å². The second kappa shape index (κ2) is 36.8. The number of nitrogens with two attached hydrogens (primary N) is 1. The van der Waals surface area contributed by atoms with Crippen LogP contribution in [0.3, 0.4) is 0 Å². The van der Waals surface area contributed by atoms with Gasteiger partial charge >= 0.3 is 82.5 Å². The molecule has 0 fully saturated rings. The Hall–Kier alpha value is -5.15. The average Bonchev–Trinajstić information content (AvgIpc) is 3.21. The maximum atomic E-state index is 13.4. The molecule has 25 nitrogen and oxygen atoms in total. The van der Waals surface area contributed by atoms with Gasteiger partial charge in [-0.25, -0.2) is 34.0 Å². The van der Waals surface area contributed by atoms with Crippen LogP contribution in [0.25, 0.3) is 0 Å². The van der Waals surface area contributed by atoms with Crippen LogP contribution in [0.5, 0.6) is 0 Å². The number of halogens is 5. The molecule has 8 N–H and O–H groups in total. The minimum atomic E-state index is -0.890. The molecule has 5 rings (SSSR count). The number of nitriles is 3. The number of hydrogen-bond donors (Lipinski definition) is 7. The predicted octanol–water partition coefficient (Wildman–Crippen LogP) is 4.25. The summed E-state index contributed by atoms with van der Waals surface area (Å²) in [6.07, 6.45) is 2.88. The van der Waals surface area contributed by atoms with Crippen LogP contribution in [0.2, 0.25) is 29.4 Å². The number of nitro groups is 3. The van der Waals surface area contributed by atoms with E-state index < -0.39 is 40.4 Å². The second-order valence-electron chi connectivity index (χ2n) is 10.8. The van der Waals surface area contributed by atoms with Crippen LogP contribution >= 0.6 is 58.3 Å². The first kappa shape index (κ1) is 67.1. The van der Waals surface area contributed by atoms with Crippen molar-refractivity contribution >= 4 is 131 Å². The Morgan fingerprint density at radius 2 is 1.16 bits per heavy atom. The molecule has 3 heterocycles. The van der Waals surface area contributed by atoms with Gasteiger partial charge in [0.1, 0.15) is 41.0 Å². The van der Waals surface area contributed by atoms with Gasteiger partial charge in [-0.3, -0.25) is 30.3 Å². The first-order chi connectivity index (χ1) is 31.1. The van der Waals surface area contributed by atoms with E-state index in [1.807, 2.05) is 0 Å². The third-order valence-electron chi connectivity index (χ3n) is 5.98. The number of aliphatic hydroxyl groups excluding tert-OH is 1. The van der Waals surface area contributed by atoms with Gasteiger partial charge in [0.25, 0.3) is 0 Å². The molecule has 36 heteroatoms. The van der Waals surface area contributed by atoms with E-state index >= 15 is 0 Å². The topological polar surface area (TPSA) is 401 Å². The van der Waals surface area contributed by atoms with E-state index in [0.29, 0.717) is 34.9 Å². The molecule has 0 spiro atoms. The normalized spacial score (nSPS) is 8.88. The molecule has 5 aromatic rings. The van der Waals surface area contributed by atoms with E-state index in [4.69, 9.17) is 66.5 Å². The van der Waals surface area contributed by atoms with Crippen LogP contribution < -0.4 is 72.9 Å². The maximum absolute atomic E-state index is 13.4. The summed E-state index contributed by atoms with van der Waals surface area (Å²) in [4.78, 5) is 50.7. The number of thiocyanates is 3. The van der Waals surface area contributed by atoms with Gasteiger partial charge in [-0.15, -0.1) is 0 Å². The van der Waals surface area contributed by atoms with Gasteiger partial charge in [-0.2, -0.15) is 20.5 Å². The molecular weight excluding hydrogens is 1050 g/mol. The number of thioether (sulfide) groups is 2. The largest absolute Gasteiger partial charge is 1.00 e. The molecule has 0 aliphatic rings. The summed E-state index contributed by atoms with van der Waals surface area (Å²) in [5, 5.41) is 93.5. The van der Waals surface area contributed by atoms with Crippen LogP contribution in [0.1, 0.15) is 14.4 Å². The molecule has 0 atom stereocenters. The number of aromatic nitrogens is 6. The van der Waals surface area contributed by atoms with Crippen molar-refractivity contribution < 1.29 is 90.1 Å². The van der Waals surface area contributed by atoms with E-state index in [9.17, 15) is 44.1 Å². The molecule has 0 amide bonds. The average molecular weight is 1090 g/mol. The predicted molar refractivity (Wildman–Crippen MR) is 252 cm³/mol. The molecule has 0 radical (unpaired) electrons. The number of hydrogen-bond acceptors (Lipinski definition) is 25. The number of aliphatic hydroxyl groups is 1. The Morgan fingerprint density at radius 1 is 0.765 bits per heavy atom. The Kier molecular flexibility index (Phi) is 36.4. The molecule has 68 heavy (non-hydrogen) atoms. The SMILES string of the molecule is C.CB(O)Nc1ccc(F)cc1N.CB(O)Nc1ccc(F)cc1Nc1ncc([N+](=O)[O-])c(SC#N)n1.CCO.N#CSc1nc(Cl)ncc1[N+](=O)[O-].N#C[S-].O=[N+]([O-])c1cnc(Cl)nc1Cl.[K+]. The van der Waals surface area contributed by atoms with Gasteiger partial charge < -0.3 is 49.3 Å². The van der Waals surface area contributed by atoms with Crippen molar-refractivity contribution in [2.75, 3.05) is 28.1 Å². The molecule has 0 aliphatic heterocycles. The third kappa shape index (κ3) is 27.0. The summed E-state index contributed by atoms with van der Waals surface area (Å²) >= 11 is 20.8. The standard InChI is InChI=1S/C12H10BFN6O3S.C7H10BFN2O.C5HClN4O2S.C4HCl2N3O2.C2H6O.CHNS.CH4.K/c1-13(21)19-8-3-2-7(14)4-9(8)17-12-16-5-10(20(22)23)11(18-12)24-6-15;1-8(12)11-7-3-2-5(9)4-6(7)10;6-5-8-1-3(10(11)12)4(9-5)13-2-7;5-3-2(9(10)11)1-7-4(6)8-3;1-2-3;2-1-3;;/h2-5,19,21H,1H3,(H,16,17,18);2-4,11-12H,10H2,1H3;1H;1H;3H,2H2,1H3;3H;1H4;/q;;;;;;;+1/p-1. The van der Waals surface area contributed by atoms with Gasteiger partial charge in [0, 0.05) is 41.5 Å². The van der Waals surface area contributed by atoms with Gasteiger partial charge in [0.15, 0.2) is 10.1 Å². The van der Waals surface area contributed by atoms with Crippen LogP contribution in [0.15, 0.2) is 65.0 Å². The quantitative estimate of drug-likeness (QED) is 0.0112. The number of anilines is 5. The molecule has 0 unspecified atom stereocenters. The van der Waals surface area contributed by atoms with E-state index in [-0.39, 0.29) is 126 Å². The van der Waals surface area contributed by atoms with Gasteiger partial charge in [-0.1, -0.05) is 24.4 Å². The smallest absolute Gasteiger partial charge is 0.696 e. The number of rotatable bonds is 11. The van der Waals surface area contributed by atoms with Crippen molar-refractivity contribution in [2.24, 2.45) is 0 Å². The first-order valence-corrected chi connectivity index (χ1v) is 20.0. The van der Waals surface area contributed by atoms with Crippen molar-refractivity contribution in [3.63, 3.8) is 0 Å². The Bertz CT molecular complexity index is 2560. The number of benzene rings is 2. The van der Waals surface area contributed by atoms with Crippen molar-refractivity contribution in [2.45, 2.75) is 38.0 Å². The van der Waals surface area contributed by atoms with E-state index in [1.54, 1.807) is 24.5 Å². The summed E-state index contributed by atoms with van der Waals surface area (Å²) in [7, 11) is -1.59. The van der Waals surface area contributed by atoms with Crippen molar-refractivity contribution in [1.82, 2.24) is 29.9 Å². The molecule has 0 aliphatic carbocycles. The minimum absolute atomic E-state index is 0. The number of nitrogens with zero attached hydrogens (tertiary/aromatic N) is 12. The molecule has 0 bridgehead atoms. The zero-order chi connectivity index (χ0) is 50.5. The van der Waals surface area contributed by atoms with Gasteiger partial charge in [0.2, 0.25) is 21.7 Å². The Balaban J connectivity index is -0.000000828. The van der Waals surface area contributed by atoms with Crippen LogP contribution in [-0.4, -0.2) is 80.5 Å². The van der Waals surface area contributed by atoms with Crippen LogP contribution in [0, 0.1) is 74.0 Å². The molecule has 2 aromatic carbocycles. The molecule has 3 aromatic heterocycles. The Labute approximate surface area is 457 Å². The zero-order valence-corrected chi connectivity index (χ0v) is 42.2. The van der Waals surface area contributed by atoms with Gasteiger partial charge in [-0.05, 0) is 80.2 Å². The maximum Gasteiger partial charge on any atom is 1.00 e. The van der Waals surface area contributed by atoms with Crippen molar-refractivity contribution in [3.8, 4) is 16.2 Å². The monoisotopic (exact) mass is 1080 g/mol. The summed E-state index contributed by atoms with van der Waals surface area (Å²) in [6.45, 7) is 4.97. The summed E-state index contributed by atoms with van der Waals surface area (Å²) < 4.78 is 26.0. The van der Waals surface area contributed by atoms with Crippen LogP contribution in [0.4, 0.5) is 54.5 Å². The van der Waals surface area contributed by atoms with Gasteiger partial charge in [0.05, 0.1) is 26.1 Å². The van der Waals surface area contributed by atoms with Crippen LogP contribution in [-0.2, 0) is 12.6 Å². The summed E-state index contributed by atoms with van der Waals surface area (Å²) in [5.74, 6) is -0.983. The third-order valence-corrected chi connectivity index (χ3v) is 7.79. The molecule has 0 saturated carbocycles. The number of nitrogens with one attached hydrogen (secondary N) is 3. The van der Waals surface area contributed by atoms with Crippen molar-refractivity contribution in [1.29, 1.82) is 15.8 Å².